The normalized spacial score (nSPS) is 26.2. The van der Waals surface area contributed by atoms with Crippen LogP contribution in [0.25, 0.3) is 10.9 Å². The summed E-state index contributed by atoms with van der Waals surface area (Å²) in [4.78, 5) is 4.62. The fourth-order valence-electron chi connectivity index (χ4n) is 3.43. The SMILES string of the molecule is Cc1cc(CNC2CCC(C)C2C)c2ccccc2n1. The zero-order chi connectivity index (χ0) is 14.1. The van der Waals surface area contributed by atoms with Crippen LogP contribution in [0.1, 0.15) is 37.9 Å². The average Bonchev–Trinajstić information content (AvgIpc) is 2.76. The molecule has 1 aromatic heterocycles. The molecule has 1 aliphatic rings. The van der Waals surface area contributed by atoms with E-state index in [0.717, 1.165) is 29.6 Å². The van der Waals surface area contributed by atoms with E-state index < -0.39 is 0 Å². The minimum absolute atomic E-state index is 0.664. The van der Waals surface area contributed by atoms with Crippen molar-refractivity contribution < 1.29 is 0 Å². The van der Waals surface area contributed by atoms with Crippen LogP contribution in [-0.4, -0.2) is 11.0 Å². The molecule has 0 radical (unpaired) electrons. The van der Waals surface area contributed by atoms with Crippen LogP contribution < -0.4 is 5.32 Å². The number of aromatic nitrogens is 1. The highest BCUT2D eigenvalue weighted by Gasteiger charge is 2.29. The van der Waals surface area contributed by atoms with Gasteiger partial charge in [-0.05, 0) is 49.3 Å². The Balaban J connectivity index is 1.81. The molecule has 0 saturated heterocycles. The van der Waals surface area contributed by atoms with Crippen LogP contribution in [0.4, 0.5) is 0 Å². The molecule has 0 spiro atoms. The van der Waals surface area contributed by atoms with Crippen molar-refractivity contribution in [1.82, 2.24) is 10.3 Å². The fraction of sp³-hybridized carbons (Fsp3) is 0.500. The lowest BCUT2D eigenvalue weighted by atomic mass is 9.97. The Morgan fingerprint density at radius 1 is 1.20 bits per heavy atom. The summed E-state index contributed by atoms with van der Waals surface area (Å²) in [7, 11) is 0. The topological polar surface area (TPSA) is 24.9 Å². The maximum atomic E-state index is 4.62. The summed E-state index contributed by atoms with van der Waals surface area (Å²) in [5.74, 6) is 1.63. The first kappa shape index (κ1) is 13.6. The highest BCUT2D eigenvalue weighted by Crippen LogP contribution is 2.31. The highest BCUT2D eigenvalue weighted by molar-refractivity contribution is 5.82. The van der Waals surface area contributed by atoms with Crippen LogP contribution in [0.15, 0.2) is 30.3 Å². The molecule has 1 N–H and O–H groups in total. The van der Waals surface area contributed by atoms with Crippen molar-refractivity contribution in [2.45, 2.75) is 46.2 Å². The number of pyridine rings is 1. The fourth-order valence-corrected chi connectivity index (χ4v) is 3.43. The Morgan fingerprint density at radius 3 is 2.75 bits per heavy atom. The van der Waals surface area contributed by atoms with Gasteiger partial charge >= 0.3 is 0 Å². The lowest BCUT2D eigenvalue weighted by Gasteiger charge is -2.20. The van der Waals surface area contributed by atoms with E-state index in [1.165, 1.54) is 23.8 Å². The van der Waals surface area contributed by atoms with Crippen LogP contribution in [0, 0.1) is 18.8 Å². The minimum atomic E-state index is 0.664. The molecule has 0 amide bonds. The van der Waals surface area contributed by atoms with Gasteiger partial charge in [-0.25, -0.2) is 0 Å². The van der Waals surface area contributed by atoms with Crippen molar-refractivity contribution in [3.8, 4) is 0 Å². The van der Waals surface area contributed by atoms with Crippen molar-refractivity contribution in [2.75, 3.05) is 0 Å². The molecule has 1 fully saturated rings. The standard InChI is InChI=1S/C18H24N2/c1-12-8-9-17(14(12)3)19-11-15-10-13(2)20-18-7-5-4-6-16(15)18/h4-7,10,12,14,17,19H,8-9,11H2,1-3H3. The summed E-state index contributed by atoms with van der Waals surface area (Å²) in [6.07, 6.45) is 2.67. The number of fused-ring (bicyclic) bond motifs is 1. The van der Waals surface area contributed by atoms with E-state index >= 15 is 0 Å². The number of benzene rings is 1. The quantitative estimate of drug-likeness (QED) is 0.907. The number of para-hydroxylation sites is 1. The van der Waals surface area contributed by atoms with Gasteiger partial charge in [0.25, 0.3) is 0 Å². The number of aryl methyl sites for hydroxylation is 1. The molecule has 20 heavy (non-hydrogen) atoms. The summed E-state index contributed by atoms with van der Waals surface area (Å²) in [5.41, 5.74) is 3.59. The molecule has 1 aliphatic carbocycles. The summed E-state index contributed by atoms with van der Waals surface area (Å²) in [6.45, 7) is 7.78. The summed E-state index contributed by atoms with van der Waals surface area (Å²) < 4.78 is 0. The van der Waals surface area contributed by atoms with Crippen molar-refractivity contribution in [3.63, 3.8) is 0 Å². The van der Waals surface area contributed by atoms with E-state index in [1.807, 2.05) is 0 Å². The van der Waals surface area contributed by atoms with Crippen LogP contribution >= 0.6 is 0 Å². The molecule has 1 saturated carbocycles. The van der Waals surface area contributed by atoms with Crippen LogP contribution in [0.5, 0.6) is 0 Å². The van der Waals surface area contributed by atoms with Gasteiger partial charge in [0.2, 0.25) is 0 Å². The third kappa shape index (κ3) is 2.57. The third-order valence-corrected chi connectivity index (χ3v) is 4.95. The Hall–Kier alpha value is -1.41. The molecule has 3 unspecified atom stereocenters. The highest BCUT2D eigenvalue weighted by atomic mass is 14.9. The van der Waals surface area contributed by atoms with E-state index in [9.17, 15) is 0 Å². The molecule has 1 aromatic carbocycles. The van der Waals surface area contributed by atoms with E-state index in [4.69, 9.17) is 0 Å². The monoisotopic (exact) mass is 268 g/mol. The summed E-state index contributed by atoms with van der Waals surface area (Å²) in [5, 5.41) is 5.05. The Labute approximate surface area is 121 Å². The van der Waals surface area contributed by atoms with Crippen molar-refractivity contribution in [3.05, 3.63) is 41.6 Å². The maximum absolute atomic E-state index is 4.62. The number of hydrogen-bond acceptors (Lipinski definition) is 2. The number of hydrogen-bond donors (Lipinski definition) is 1. The number of nitrogens with one attached hydrogen (secondary N) is 1. The maximum Gasteiger partial charge on any atom is 0.0708 e. The van der Waals surface area contributed by atoms with Gasteiger partial charge in [-0.2, -0.15) is 0 Å². The smallest absolute Gasteiger partial charge is 0.0708 e. The molecule has 0 aliphatic heterocycles. The average molecular weight is 268 g/mol. The first-order valence-corrected chi connectivity index (χ1v) is 7.74. The molecule has 2 heteroatoms. The van der Waals surface area contributed by atoms with Gasteiger partial charge in [0.15, 0.2) is 0 Å². The van der Waals surface area contributed by atoms with Crippen molar-refractivity contribution in [1.29, 1.82) is 0 Å². The van der Waals surface area contributed by atoms with E-state index in [1.54, 1.807) is 0 Å². The Morgan fingerprint density at radius 2 is 2.00 bits per heavy atom. The second kappa shape index (κ2) is 5.53. The minimum Gasteiger partial charge on any atom is -0.310 e. The Kier molecular flexibility index (Phi) is 3.75. The molecule has 2 aromatic rings. The zero-order valence-corrected chi connectivity index (χ0v) is 12.7. The van der Waals surface area contributed by atoms with Gasteiger partial charge in [-0.3, -0.25) is 4.98 Å². The van der Waals surface area contributed by atoms with Gasteiger partial charge in [0.05, 0.1) is 5.52 Å². The predicted octanol–water partition coefficient (Wildman–Crippen LogP) is 4.07. The molecule has 0 bridgehead atoms. The summed E-state index contributed by atoms with van der Waals surface area (Å²) in [6, 6.07) is 11.3. The molecule has 3 rings (SSSR count). The van der Waals surface area contributed by atoms with Crippen LogP contribution in [0.2, 0.25) is 0 Å². The second-order valence-corrected chi connectivity index (χ2v) is 6.34. The summed E-state index contributed by atoms with van der Waals surface area (Å²) >= 11 is 0. The van der Waals surface area contributed by atoms with Gasteiger partial charge < -0.3 is 5.32 Å². The number of rotatable bonds is 3. The van der Waals surface area contributed by atoms with Gasteiger partial charge in [0, 0.05) is 23.7 Å². The van der Waals surface area contributed by atoms with Crippen molar-refractivity contribution >= 4 is 10.9 Å². The molecular weight excluding hydrogens is 244 g/mol. The van der Waals surface area contributed by atoms with E-state index in [0.29, 0.717) is 6.04 Å². The molecule has 106 valence electrons. The van der Waals surface area contributed by atoms with E-state index in [-0.39, 0.29) is 0 Å². The second-order valence-electron chi connectivity index (χ2n) is 6.34. The molecule has 3 atom stereocenters. The first-order chi connectivity index (χ1) is 9.65. The molecular formula is C18H24N2. The van der Waals surface area contributed by atoms with Gasteiger partial charge in [-0.1, -0.05) is 32.0 Å². The van der Waals surface area contributed by atoms with Crippen molar-refractivity contribution in [2.24, 2.45) is 11.8 Å². The van der Waals surface area contributed by atoms with Gasteiger partial charge in [-0.15, -0.1) is 0 Å². The third-order valence-electron chi connectivity index (χ3n) is 4.95. The zero-order valence-electron chi connectivity index (χ0n) is 12.7. The van der Waals surface area contributed by atoms with E-state index in [2.05, 4.69) is 61.4 Å². The predicted molar refractivity (Wildman–Crippen MR) is 84.7 cm³/mol. The van der Waals surface area contributed by atoms with Crippen LogP contribution in [-0.2, 0) is 6.54 Å². The molecule has 1 heterocycles. The lowest BCUT2D eigenvalue weighted by molar-refractivity contribution is 0.370. The largest absolute Gasteiger partial charge is 0.310 e. The lowest BCUT2D eigenvalue weighted by Crippen LogP contribution is -2.32. The molecule has 2 nitrogen and oxygen atoms in total. The van der Waals surface area contributed by atoms with Crippen LogP contribution in [0.3, 0.4) is 0 Å². The first-order valence-electron chi connectivity index (χ1n) is 7.74. The van der Waals surface area contributed by atoms with Gasteiger partial charge in [0.1, 0.15) is 0 Å². The number of nitrogens with zero attached hydrogens (tertiary/aromatic N) is 1. The Bertz CT molecular complexity index is 605.